The molecule has 1 fully saturated rings. The molecular weight excluding hydrogens is 352 g/mol. The molecule has 2 atom stereocenters. The number of hydrogen-bond donors (Lipinski definition) is 1. The van der Waals surface area contributed by atoms with Crippen molar-refractivity contribution in [3.63, 3.8) is 0 Å². The molecule has 0 aliphatic carbocycles. The maximum atomic E-state index is 13.0. The number of carbonyl (C=O) groups excluding carboxylic acids is 1. The van der Waals surface area contributed by atoms with Crippen molar-refractivity contribution in [2.75, 3.05) is 13.1 Å². The summed E-state index contributed by atoms with van der Waals surface area (Å²) in [5.41, 5.74) is 1.77. The summed E-state index contributed by atoms with van der Waals surface area (Å²) in [6, 6.07) is 7.81. The van der Waals surface area contributed by atoms with Crippen molar-refractivity contribution in [3.8, 4) is 10.4 Å². The first-order chi connectivity index (χ1) is 12.5. The van der Waals surface area contributed by atoms with Gasteiger partial charge in [0.25, 0.3) is 5.56 Å². The first kappa shape index (κ1) is 17.0. The molecule has 2 aliphatic heterocycles. The zero-order valence-electron chi connectivity index (χ0n) is 14.3. The van der Waals surface area contributed by atoms with E-state index in [1.807, 2.05) is 34.2 Å². The highest BCUT2D eigenvalue weighted by molar-refractivity contribution is 7.13. The number of likely N-dealkylation sites (tertiary alicyclic amines) is 1. The van der Waals surface area contributed by atoms with Crippen LogP contribution in [0, 0.1) is 5.92 Å². The zero-order chi connectivity index (χ0) is 18.3. The number of rotatable bonds is 4. The molecule has 0 saturated carbocycles. The van der Waals surface area contributed by atoms with Crippen LogP contribution in [0.2, 0.25) is 0 Å². The maximum Gasteiger partial charge on any atom is 0.303 e. The van der Waals surface area contributed by atoms with Gasteiger partial charge in [-0.15, -0.1) is 11.3 Å². The lowest BCUT2D eigenvalue weighted by molar-refractivity contribution is -0.141. The molecule has 0 radical (unpaired) electrons. The zero-order valence-corrected chi connectivity index (χ0v) is 15.1. The molecule has 2 aromatic rings. The second kappa shape index (κ2) is 6.72. The molecule has 0 unspecified atom stereocenters. The quantitative estimate of drug-likeness (QED) is 0.894. The Bertz CT molecular complexity index is 903. The molecule has 4 heterocycles. The maximum absolute atomic E-state index is 13.0. The lowest BCUT2D eigenvalue weighted by Gasteiger charge is -2.43. The fraction of sp³-hybridized carbons (Fsp3) is 0.421. The minimum absolute atomic E-state index is 0.0406. The molecule has 1 amide bonds. The van der Waals surface area contributed by atoms with Crippen LogP contribution in [-0.4, -0.2) is 39.5 Å². The largest absolute Gasteiger partial charge is 0.481 e. The van der Waals surface area contributed by atoms with Gasteiger partial charge in [0, 0.05) is 42.5 Å². The van der Waals surface area contributed by atoms with Crippen LogP contribution < -0.4 is 5.56 Å². The normalized spacial score (nSPS) is 21.3. The molecule has 0 aromatic carbocycles. The molecule has 2 aromatic heterocycles. The van der Waals surface area contributed by atoms with Crippen molar-refractivity contribution >= 4 is 23.2 Å². The van der Waals surface area contributed by atoms with Gasteiger partial charge in [0.05, 0.1) is 12.0 Å². The standard InChI is InChI=1S/C19H20N2O4S/c22-17(5-6-18(23)24)20-9-12-8-13(11-20)15-4-3-14(16-2-1-7-26-16)19(25)21(15)10-12/h1-4,7,12-13H,5-6,8-11H2,(H,23,24)/t12-,13-/m1/s1. The SMILES string of the molecule is O=C(O)CCC(=O)N1C[C@H]2C[C@H](C1)c1ccc(-c3cccs3)c(=O)n1C2. The van der Waals surface area contributed by atoms with E-state index in [0.29, 0.717) is 19.6 Å². The molecule has 7 heteroatoms. The number of pyridine rings is 1. The number of piperidine rings is 1. The van der Waals surface area contributed by atoms with Crippen LogP contribution >= 0.6 is 11.3 Å². The van der Waals surface area contributed by atoms with E-state index in [9.17, 15) is 14.4 Å². The molecule has 136 valence electrons. The molecule has 4 rings (SSSR count). The number of carbonyl (C=O) groups is 2. The van der Waals surface area contributed by atoms with Crippen molar-refractivity contribution in [2.45, 2.75) is 31.7 Å². The van der Waals surface area contributed by atoms with E-state index in [0.717, 1.165) is 22.6 Å². The van der Waals surface area contributed by atoms with Crippen molar-refractivity contribution in [1.29, 1.82) is 0 Å². The molecule has 26 heavy (non-hydrogen) atoms. The number of hydrogen-bond acceptors (Lipinski definition) is 4. The summed E-state index contributed by atoms with van der Waals surface area (Å²) < 4.78 is 1.88. The van der Waals surface area contributed by atoms with Gasteiger partial charge in [-0.3, -0.25) is 14.4 Å². The Morgan fingerprint density at radius 2 is 2.00 bits per heavy atom. The Balaban J connectivity index is 1.59. The van der Waals surface area contributed by atoms with E-state index in [1.165, 1.54) is 0 Å². The van der Waals surface area contributed by atoms with E-state index in [4.69, 9.17) is 5.11 Å². The van der Waals surface area contributed by atoms with E-state index in [1.54, 1.807) is 16.2 Å². The lowest BCUT2D eigenvalue weighted by Crippen LogP contribution is -2.49. The molecule has 6 nitrogen and oxygen atoms in total. The van der Waals surface area contributed by atoms with Gasteiger partial charge < -0.3 is 14.6 Å². The molecule has 1 N–H and O–H groups in total. The van der Waals surface area contributed by atoms with Crippen molar-refractivity contribution in [1.82, 2.24) is 9.47 Å². The topological polar surface area (TPSA) is 79.6 Å². The number of amides is 1. The number of carboxylic acids is 1. The van der Waals surface area contributed by atoms with Gasteiger partial charge >= 0.3 is 5.97 Å². The molecule has 0 spiro atoms. The second-order valence-electron chi connectivity index (χ2n) is 7.06. The van der Waals surface area contributed by atoms with Crippen molar-refractivity contribution in [3.05, 3.63) is 45.7 Å². The van der Waals surface area contributed by atoms with Gasteiger partial charge in [-0.2, -0.15) is 0 Å². The van der Waals surface area contributed by atoms with E-state index in [2.05, 4.69) is 0 Å². The Hall–Kier alpha value is -2.41. The first-order valence-electron chi connectivity index (χ1n) is 8.80. The minimum atomic E-state index is -0.950. The first-order valence-corrected chi connectivity index (χ1v) is 9.68. The Morgan fingerprint density at radius 3 is 2.73 bits per heavy atom. The average molecular weight is 372 g/mol. The van der Waals surface area contributed by atoms with Gasteiger partial charge in [0.1, 0.15) is 0 Å². The van der Waals surface area contributed by atoms with Crippen molar-refractivity contribution in [2.24, 2.45) is 5.92 Å². The number of carboxylic acid groups (broad SMARTS) is 1. The number of thiophene rings is 1. The number of aromatic nitrogens is 1. The van der Waals surface area contributed by atoms with Gasteiger partial charge in [0.15, 0.2) is 0 Å². The molecular formula is C19H20N2O4S. The Kier molecular flexibility index (Phi) is 4.40. The predicted octanol–water partition coefficient (Wildman–Crippen LogP) is 2.39. The Morgan fingerprint density at radius 1 is 1.15 bits per heavy atom. The summed E-state index contributed by atoms with van der Waals surface area (Å²) in [5.74, 6) is -0.672. The van der Waals surface area contributed by atoms with Crippen LogP contribution in [0.15, 0.2) is 34.4 Å². The van der Waals surface area contributed by atoms with Gasteiger partial charge in [0.2, 0.25) is 5.91 Å². The highest BCUT2D eigenvalue weighted by atomic mass is 32.1. The van der Waals surface area contributed by atoms with Crippen molar-refractivity contribution < 1.29 is 14.7 Å². The fourth-order valence-electron chi connectivity index (χ4n) is 4.14. The third-order valence-electron chi connectivity index (χ3n) is 5.30. The number of aliphatic carboxylic acids is 1. The minimum Gasteiger partial charge on any atom is -0.481 e. The Labute approximate surface area is 154 Å². The summed E-state index contributed by atoms with van der Waals surface area (Å²) in [5, 5.41) is 10.7. The smallest absolute Gasteiger partial charge is 0.303 e. The molecule has 2 aliphatic rings. The highest BCUT2D eigenvalue weighted by Gasteiger charge is 2.36. The second-order valence-corrected chi connectivity index (χ2v) is 8.00. The summed E-state index contributed by atoms with van der Waals surface area (Å²) in [6.07, 6.45) is 0.879. The van der Waals surface area contributed by atoms with Crippen LogP contribution in [0.25, 0.3) is 10.4 Å². The van der Waals surface area contributed by atoms with E-state index in [-0.39, 0.29) is 36.1 Å². The van der Waals surface area contributed by atoms with Gasteiger partial charge in [-0.1, -0.05) is 6.07 Å². The van der Waals surface area contributed by atoms with Crippen LogP contribution in [0.1, 0.15) is 30.9 Å². The van der Waals surface area contributed by atoms with E-state index >= 15 is 0 Å². The van der Waals surface area contributed by atoms with Crippen LogP contribution in [-0.2, 0) is 16.1 Å². The molecule has 2 bridgehead atoms. The predicted molar refractivity (Wildman–Crippen MR) is 98.3 cm³/mol. The van der Waals surface area contributed by atoms with E-state index < -0.39 is 5.97 Å². The van der Waals surface area contributed by atoms with Gasteiger partial charge in [-0.25, -0.2) is 0 Å². The number of fused-ring (bicyclic) bond motifs is 4. The van der Waals surface area contributed by atoms with Crippen LogP contribution in [0.5, 0.6) is 0 Å². The summed E-state index contributed by atoms with van der Waals surface area (Å²) >= 11 is 1.56. The lowest BCUT2D eigenvalue weighted by atomic mass is 9.82. The van der Waals surface area contributed by atoms with Crippen LogP contribution in [0.3, 0.4) is 0 Å². The average Bonchev–Trinajstić information content (AvgIpc) is 3.14. The monoisotopic (exact) mass is 372 g/mol. The third kappa shape index (κ3) is 3.07. The third-order valence-corrected chi connectivity index (χ3v) is 6.20. The summed E-state index contributed by atoms with van der Waals surface area (Å²) in [4.78, 5) is 38.7. The van der Waals surface area contributed by atoms with Crippen LogP contribution in [0.4, 0.5) is 0 Å². The summed E-state index contributed by atoms with van der Waals surface area (Å²) in [7, 11) is 0. The summed E-state index contributed by atoms with van der Waals surface area (Å²) in [6.45, 7) is 1.78. The number of nitrogens with zero attached hydrogens (tertiary/aromatic N) is 2. The highest BCUT2D eigenvalue weighted by Crippen LogP contribution is 2.36. The van der Waals surface area contributed by atoms with Gasteiger partial charge in [-0.05, 0) is 35.9 Å². The molecule has 1 saturated heterocycles. The fourth-order valence-corrected chi connectivity index (χ4v) is 4.88.